The molecule has 5 aromatic rings. The Kier molecular flexibility index (Phi) is 4.52. The van der Waals surface area contributed by atoms with Crippen LogP contribution in [-0.4, -0.2) is 28.5 Å². The van der Waals surface area contributed by atoms with Crippen molar-refractivity contribution < 1.29 is 0 Å². The van der Waals surface area contributed by atoms with Gasteiger partial charge in [-0.25, -0.2) is 4.98 Å². The van der Waals surface area contributed by atoms with E-state index in [-0.39, 0.29) is 5.56 Å². The zero-order chi connectivity index (χ0) is 20.0. The summed E-state index contributed by atoms with van der Waals surface area (Å²) < 4.78 is 5.57. The van der Waals surface area contributed by atoms with Crippen LogP contribution in [-0.2, 0) is 12.3 Å². The number of thioether (sulfide) groups is 1. The number of hydrogen-bond acceptors (Lipinski definition) is 5. The topological polar surface area (TPSA) is 69.5 Å². The third-order valence-electron chi connectivity index (χ3n) is 4.74. The number of rotatable bonds is 5. The molecule has 146 valence electrons. The molecule has 0 aliphatic heterocycles. The van der Waals surface area contributed by atoms with Crippen molar-refractivity contribution in [1.29, 1.82) is 0 Å². The third kappa shape index (κ3) is 3.08. The van der Waals surface area contributed by atoms with Gasteiger partial charge in [0, 0.05) is 24.7 Å². The summed E-state index contributed by atoms with van der Waals surface area (Å²) in [5, 5.41) is 10.8. The Morgan fingerprint density at radius 1 is 1.10 bits per heavy atom. The number of pyridine rings is 1. The highest BCUT2D eigenvalue weighted by molar-refractivity contribution is 7.98. The van der Waals surface area contributed by atoms with E-state index in [1.807, 2.05) is 64.5 Å². The van der Waals surface area contributed by atoms with Gasteiger partial charge in [0.15, 0.2) is 5.16 Å². The fourth-order valence-corrected chi connectivity index (χ4v) is 4.47. The average molecular weight is 425 g/mol. The van der Waals surface area contributed by atoms with Crippen LogP contribution < -0.4 is 5.56 Å². The highest BCUT2D eigenvalue weighted by Crippen LogP contribution is 2.25. The maximum Gasteiger partial charge on any atom is 0.262 e. The van der Waals surface area contributed by atoms with Crippen LogP contribution in [0.25, 0.3) is 22.3 Å². The second-order valence-corrected chi connectivity index (χ2v) is 8.10. The van der Waals surface area contributed by atoms with Crippen LogP contribution in [0, 0.1) is 0 Å². The molecule has 0 saturated heterocycles. The Morgan fingerprint density at radius 3 is 2.83 bits per heavy atom. The minimum absolute atomic E-state index is 0.0314. The van der Waals surface area contributed by atoms with E-state index in [1.165, 1.54) is 0 Å². The van der Waals surface area contributed by atoms with Gasteiger partial charge in [0.05, 0.1) is 21.6 Å². The smallest absolute Gasteiger partial charge is 0.262 e. The molecule has 1 aromatic carbocycles. The van der Waals surface area contributed by atoms with Gasteiger partial charge in [0.1, 0.15) is 5.65 Å². The van der Waals surface area contributed by atoms with Crippen molar-refractivity contribution in [2.45, 2.75) is 30.8 Å². The summed E-state index contributed by atoms with van der Waals surface area (Å²) in [4.78, 5) is 17.5. The summed E-state index contributed by atoms with van der Waals surface area (Å²) in [5.74, 6) is 1.20. The number of para-hydroxylation sites is 1. The molecule has 0 bridgehead atoms. The number of benzene rings is 1. The van der Waals surface area contributed by atoms with Gasteiger partial charge in [-0.05, 0) is 30.7 Å². The Hall–Kier alpha value is -2.84. The molecule has 0 spiro atoms. The standard InChI is InChI=1S/C20H17ClN6OS/c1-2-9-26-18(28)15-5-3-4-6-16(15)27-19(26)23-24-20(27)29-12-14-11-25-10-13(21)7-8-17(25)22-14/h3-8,10-11H,2,9,12H2,1H3. The number of aromatic nitrogens is 6. The fraction of sp³-hybridized carbons (Fsp3) is 0.200. The van der Waals surface area contributed by atoms with Gasteiger partial charge in [-0.3, -0.25) is 13.8 Å². The molecular formula is C20H17ClN6OS. The van der Waals surface area contributed by atoms with Gasteiger partial charge < -0.3 is 4.40 Å². The summed E-state index contributed by atoms with van der Waals surface area (Å²) in [6.45, 7) is 2.64. The van der Waals surface area contributed by atoms with E-state index in [4.69, 9.17) is 11.6 Å². The first kappa shape index (κ1) is 18.2. The van der Waals surface area contributed by atoms with Gasteiger partial charge in [-0.1, -0.05) is 42.4 Å². The second-order valence-electron chi connectivity index (χ2n) is 6.73. The van der Waals surface area contributed by atoms with Crippen molar-refractivity contribution in [3.63, 3.8) is 0 Å². The lowest BCUT2D eigenvalue weighted by Crippen LogP contribution is -2.23. The zero-order valence-corrected chi connectivity index (χ0v) is 17.2. The lowest BCUT2D eigenvalue weighted by molar-refractivity contribution is 0.662. The molecule has 0 aliphatic carbocycles. The van der Waals surface area contributed by atoms with Crippen LogP contribution in [0.5, 0.6) is 0 Å². The Morgan fingerprint density at radius 2 is 1.97 bits per heavy atom. The zero-order valence-electron chi connectivity index (χ0n) is 15.6. The molecule has 4 heterocycles. The molecule has 4 aromatic heterocycles. The van der Waals surface area contributed by atoms with E-state index in [0.29, 0.717) is 28.5 Å². The van der Waals surface area contributed by atoms with Crippen LogP contribution in [0.1, 0.15) is 19.0 Å². The molecule has 0 amide bonds. The molecule has 9 heteroatoms. The Labute approximate surface area is 175 Å². The number of nitrogens with zero attached hydrogens (tertiary/aromatic N) is 6. The molecule has 0 atom stereocenters. The normalized spacial score (nSPS) is 11.8. The molecule has 7 nitrogen and oxygen atoms in total. The second kappa shape index (κ2) is 7.20. The molecule has 0 saturated carbocycles. The van der Waals surface area contributed by atoms with E-state index in [2.05, 4.69) is 15.2 Å². The van der Waals surface area contributed by atoms with E-state index < -0.39 is 0 Å². The Bertz CT molecular complexity index is 1420. The van der Waals surface area contributed by atoms with Crippen molar-refractivity contribution in [3.8, 4) is 0 Å². The maximum atomic E-state index is 12.9. The van der Waals surface area contributed by atoms with Crippen molar-refractivity contribution >= 4 is 45.7 Å². The van der Waals surface area contributed by atoms with E-state index in [1.54, 1.807) is 16.3 Å². The molecule has 0 radical (unpaired) electrons. The number of halogens is 1. The van der Waals surface area contributed by atoms with Crippen LogP contribution in [0.2, 0.25) is 5.02 Å². The van der Waals surface area contributed by atoms with Gasteiger partial charge >= 0.3 is 0 Å². The lowest BCUT2D eigenvalue weighted by Gasteiger charge is -2.10. The lowest BCUT2D eigenvalue weighted by atomic mass is 10.2. The summed E-state index contributed by atoms with van der Waals surface area (Å²) >= 11 is 7.60. The van der Waals surface area contributed by atoms with Crippen LogP contribution in [0.3, 0.4) is 0 Å². The van der Waals surface area contributed by atoms with Gasteiger partial charge in [-0.15, -0.1) is 10.2 Å². The molecule has 0 aliphatic rings. The molecular weight excluding hydrogens is 408 g/mol. The molecule has 0 unspecified atom stereocenters. The van der Waals surface area contributed by atoms with Crippen LogP contribution in [0.15, 0.2) is 58.7 Å². The number of hydrogen-bond donors (Lipinski definition) is 0. The fourth-order valence-electron chi connectivity index (χ4n) is 3.48. The van der Waals surface area contributed by atoms with Crippen molar-refractivity contribution in [2.24, 2.45) is 0 Å². The number of fused-ring (bicyclic) bond motifs is 4. The highest BCUT2D eigenvalue weighted by atomic mass is 35.5. The number of imidazole rings is 1. The van der Waals surface area contributed by atoms with Gasteiger partial charge in [-0.2, -0.15) is 0 Å². The maximum absolute atomic E-state index is 12.9. The van der Waals surface area contributed by atoms with Gasteiger partial charge in [0.2, 0.25) is 5.78 Å². The minimum atomic E-state index is -0.0314. The predicted octanol–water partition coefficient (Wildman–Crippen LogP) is 4.05. The third-order valence-corrected chi connectivity index (χ3v) is 5.93. The first-order chi connectivity index (χ1) is 14.2. The Balaban J connectivity index is 1.58. The van der Waals surface area contributed by atoms with Crippen LogP contribution >= 0.6 is 23.4 Å². The van der Waals surface area contributed by atoms with Crippen molar-refractivity contribution in [1.82, 2.24) is 28.5 Å². The molecule has 5 rings (SSSR count). The summed E-state index contributed by atoms with van der Waals surface area (Å²) in [6, 6.07) is 11.3. The quantitative estimate of drug-likeness (QED) is 0.398. The summed E-state index contributed by atoms with van der Waals surface area (Å²) in [7, 11) is 0. The molecule has 0 fully saturated rings. The van der Waals surface area contributed by atoms with Crippen molar-refractivity contribution in [3.05, 3.63) is 69.9 Å². The summed E-state index contributed by atoms with van der Waals surface area (Å²) in [5.41, 5.74) is 2.55. The van der Waals surface area contributed by atoms with Crippen LogP contribution in [0.4, 0.5) is 0 Å². The largest absolute Gasteiger partial charge is 0.305 e. The van der Waals surface area contributed by atoms with Crippen molar-refractivity contribution in [2.75, 3.05) is 0 Å². The molecule has 29 heavy (non-hydrogen) atoms. The van der Waals surface area contributed by atoms with E-state index in [9.17, 15) is 4.79 Å². The summed E-state index contributed by atoms with van der Waals surface area (Å²) in [6.07, 6.45) is 4.64. The minimum Gasteiger partial charge on any atom is -0.305 e. The highest BCUT2D eigenvalue weighted by Gasteiger charge is 2.16. The van der Waals surface area contributed by atoms with Gasteiger partial charge in [0.25, 0.3) is 5.56 Å². The van der Waals surface area contributed by atoms with E-state index >= 15 is 0 Å². The molecule has 0 N–H and O–H groups in total. The predicted molar refractivity (Wildman–Crippen MR) is 115 cm³/mol. The average Bonchev–Trinajstić information content (AvgIpc) is 3.33. The first-order valence-electron chi connectivity index (χ1n) is 9.28. The SMILES string of the molecule is CCCn1c(=O)c2ccccc2n2c(SCc3cn4cc(Cl)ccc4n3)nnc12. The monoisotopic (exact) mass is 424 g/mol. The van der Waals surface area contributed by atoms with E-state index in [0.717, 1.165) is 28.4 Å². The number of aryl methyl sites for hydroxylation is 1. The first-order valence-corrected chi connectivity index (χ1v) is 10.6.